The molecule has 0 saturated heterocycles. The summed E-state index contributed by atoms with van der Waals surface area (Å²) in [4.78, 5) is 1.35. The quantitative estimate of drug-likeness (QED) is 0.625. The highest BCUT2D eigenvalue weighted by molar-refractivity contribution is 8.77. The van der Waals surface area contributed by atoms with Crippen molar-refractivity contribution in [1.29, 1.82) is 0 Å². The Morgan fingerprint density at radius 2 is 1.50 bits per heavy atom. The minimum atomic E-state index is 0.327. The third-order valence-corrected chi connectivity index (χ3v) is 5.09. The second kappa shape index (κ2) is 8.08. The fraction of sp³-hybridized carbons (Fsp3) is 0.571. The van der Waals surface area contributed by atoms with Crippen molar-refractivity contribution < 1.29 is 0 Å². The van der Waals surface area contributed by atoms with Crippen LogP contribution in [0.5, 0.6) is 0 Å². The number of benzene rings is 1. The van der Waals surface area contributed by atoms with E-state index < -0.39 is 0 Å². The average Bonchev–Trinajstić information content (AvgIpc) is 2.29. The molecular formula is C14H24S2. The summed E-state index contributed by atoms with van der Waals surface area (Å²) in [6.45, 7) is 12.9. The molecule has 0 aliphatic rings. The van der Waals surface area contributed by atoms with Gasteiger partial charge in [-0.15, -0.1) is 0 Å². The van der Waals surface area contributed by atoms with Gasteiger partial charge in [-0.05, 0) is 24.1 Å². The number of aryl methyl sites for hydroxylation is 1. The number of hydrogen-bond donors (Lipinski definition) is 0. The first-order chi connectivity index (χ1) is 7.51. The van der Waals surface area contributed by atoms with Gasteiger partial charge in [0.2, 0.25) is 0 Å². The lowest BCUT2D eigenvalue weighted by molar-refractivity contribution is 0.810. The van der Waals surface area contributed by atoms with E-state index >= 15 is 0 Å². The van der Waals surface area contributed by atoms with E-state index in [0.29, 0.717) is 4.75 Å². The van der Waals surface area contributed by atoms with Gasteiger partial charge in [-0.2, -0.15) is 0 Å². The molecule has 0 atom stereocenters. The predicted molar refractivity (Wildman–Crippen MR) is 80.4 cm³/mol. The Morgan fingerprint density at radius 3 is 1.88 bits per heavy atom. The number of rotatable bonds is 3. The fourth-order valence-corrected chi connectivity index (χ4v) is 2.92. The molecule has 0 aliphatic heterocycles. The molecule has 16 heavy (non-hydrogen) atoms. The SMILES string of the molecule is CC.CCc1ccc(SSC(C)(C)C)cc1. The lowest BCUT2D eigenvalue weighted by atomic mass is 10.2. The zero-order chi connectivity index (χ0) is 12.6. The summed E-state index contributed by atoms with van der Waals surface area (Å²) < 4.78 is 0.327. The largest absolute Gasteiger partial charge is 0.0830 e. The third-order valence-electron chi connectivity index (χ3n) is 1.72. The maximum absolute atomic E-state index is 2.24. The second-order valence-corrected chi connectivity index (χ2v) is 7.31. The summed E-state index contributed by atoms with van der Waals surface area (Å²) >= 11 is 0. The van der Waals surface area contributed by atoms with E-state index in [4.69, 9.17) is 0 Å². The van der Waals surface area contributed by atoms with Gasteiger partial charge in [0.05, 0.1) is 0 Å². The van der Waals surface area contributed by atoms with Crippen LogP contribution in [0.25, 0.3) is 0 Å². The first-order valence-corrected chi connectivity index (χ1v) is 8.11. The molecule has 0 amide bonds. The summed E-state index contributed by atoms with van der Waals surface area (Å²) in [6.07, 6.45) is 1.12. The third kappa shape index (κ3) is 7.24. The van der Waals surface area contributed by atoms with Crippen LogP contribution < -0.4 is 0 Å². The van der Waals surface area contributed by atoms with E-state index in [-0.39, 0.29) is 0 Å². The van der Waals surface area contributed by atoms with Crippen LogP contribution in [0.15, 0.2) is 29.2 Å². The van der Waals surface area contributed by atoms with Crippen LogP contribution >= 0.6 is 21.6 Å². The van der Waals surface area contributed by atoms with Crippen molar-refractivity contribution >= 4 is 21.6 Å². The van der Waals surface area contributed by atoms with Gasteiger partial charge < -0.3 is 0 Å². The van der Waals surface area contributed by atoms with Crippen LogP contribution in [0, 0.1) is 0 Å². The van der Waals surface area contributed by atoms with Crippen LogP contribution in [-0.2, 0) is 6.42 Å². The zero-order valence-electron chi connectivity index (χ0n) is 11.3. The smallest absolute Gasteiger partial charge is 0.0183 e. The molecule has 0 fully saturated rings. The minimum absolute atomic E-state index is 0.327. The van der Waals surface area contributed by atoms with E-state index in [1.807, 2.05) is 35.4 Å². The van der Waals surface area contributed by atoms with Gasteiger partial charge in [-0.25, -0.2) is 0 Å². The molecule has 1 aromatic carbocycles. The Labute approximate surface area is 109 Å². The Morgan fingerprint density at radius 1 is 1.00 bits per heavy atom. The summed E-state index contributed by atoms with van der Waals surface area (Å²) in [7, 11) is 3.78. The fourth-order valence-electron chi connectivity index (χ4n) is 0.954. The average molecular weight is 256 g/mol. The predicted octanol–water partition coefficient (Wildman–Crippen LogP) is 5.81. The van der Waals surface area contributed by atoms with Gasteiger partial charge in [0, 0.05) is 9.64 Å². The lowest BCUT2D eigenvalue weighted by Crippen LogP contribution is -2.04. The molecule has 0 radical (unpaired) electrons. The Kier molecular flexibility index (Phi) is 8.04. The molecule has 0 saturated carbocycles. The molecular weight excluding hydrogens is 232 g/mol. The van der Waals surface area contributed by atoms with Crippen molar-refractivity contribution in [2.75, 3.05) is 0 Å². The summed E-state index contributed by atoms with van der Waals surface area (Å²) in [5.74, 6) is 0. The Hall–Kier alpha value is -0.0800. The lowest BCUT2D eigenvalue weighted by Gasteiger charge is -2.16. The highest BCUT2D eigenvalue weighted by atomic mass is 33.1. The van der Waals surface area contributed by atoms with Gasteiger partial charge in [0.15, 0.2) is 0 Å². The van der Waals surface area contributed by atoms with Crippen molar-refractivity contribution in [3.05, 3.63) is 29.8 Å². The first kappa shape index (κ1) is 15.9. The molecule has 0 aromatic heterocycles. The molecule has 0 spiro atoms. The number of hydrogen-bond acceptors (Lipinski definition) is 2. The van der Waals surface area contributed by atoms with E-state index in [9.17, 15) is 0 Å². The van der Waals surface area contributed by atoms with Crippen molar-refractivity contribution in [3.8, 4) is 0 Å². The zero-order valence-corrected chi connectivity index (χ0v) is 13.0. The molecule has 0 aliphatic carbocycles. The van der Waals surface area contributed by atoms with Gasteiger partial charge in [0.1, 0.15) is 0 Å². The first-order valence-electron chi connectivity index (χ1n) is 5.96. The molecule has 0 heterocycles. The van der Waals surface area contributed by atoms with E-state index in [2.05, 4.69) is 52.0 Å². The molecule has 92 valence electrons. The highest BCUT2D eigenvalue weighted by Crippen LogP contribution is 2.40. The van der Waals surface area contributed by atoms with Crippen LogP contribution in [-0.4, -0.2) is 4.75 Å². The van der Waals surface area contributed by atoms with Crippen molar-refractivity contribution in [2.24, 2.45) is 0 Å². The van der Waals surface area contributed by atoms with E-state index in [1.165, 1.54) is 10.5 Å². The maximum Gasteiger partial charge on any atom is 0.0183 e. The Balaban J connectivity index is 0.00000106. The van der Waals surface area contributed by atoms with Crippen LogP contribution in [0.4, 0.5) is 0 Å². The van der Waals surface area contributed by atoms with Crippen LogP contribution in [0.1, 0.15) is 47.1 Å². The summed E-state index contributed by atoms with van der Waals surface area (Å²) in [5.41, 5.74) is 1.41. The summed E-state index contributed by atoms with van der Waals surface area (Å²) in [5, 5.41) is 0. The van der Waals surface area contributed by atoms with Crippen molar-refractivity contribution in [3.63, 3.8) is 0 Å². The van der Waals surface area contributed by atoms with Gasteiger partial charge >= 0.3 is 0 Å². The van der Waals surface area contributed by atoms with E-state index in [1.54, 1.807) is 0 Å². The molecule has 1 aromatic rings. The molecule has 0 nitrogen and oxygen atoms in total. The second-order valence-electron chi connectivity index (χ2n) is 4.28. The molecule has 2 heteroatoms. The molecule has 0 unspecified atom stereocenters. The minimum Gasteiger partial charge on any atom is -0.0830 e. The molecule has 1 rings (SSSR count). The molecule has 0 N–H and O–H groups in total. The van der Waals surface area contributed by atoms with Crippen LogP contribution in [0.3, 0.4) is 0 Å². The van der Waals surface area contributed by atoms with E-state index in [0.717, 1.165) is 6.42 Å². The van der Waals surface area contributed by atoms with Gasteiger partial charge in [-0.3, -0.25) is 0 Å². The normalized spacial score (nSPS) is 10.6. The maximum atomic E-state index is 2.24. The van der Waals surface area contributed by atoms with Crippen molar-refractivity contribution in [2.45, 2.75) is 57.6 Å². The molecule has 0 bridgehead atoms. The van der Waals surface area contributed by atoms with Crippen molar-refractivity contribution in [1.82, 2.24) is 0 Å². The van der Waals surface area contributed by atoms with Gasteiger partial charge in [0.25, 0.3) is 0 Å². The topological polar surface area (TPSA) is 0 Å². The summed E-state index contributed by atoms with van der Waals surface area (Å²) in [6, 6.07) is 8.85. The van der Waals surface area contributed by atoms with Gasteiger partial charge in [-0.1, -0.05) is 75.3 Å². The van der Waals surface area contributed by atoms with Crippen LogP contribution in [0.2, 0.25) is 0 Å². The highest BCUT2D eigenvalue weighted by Gasteiger charge is 2.11. The Bertz CT molecular complexity index is 270. The standard InChI is InChI=1S/C12H18S2.C2H6/c1-5-10-6-8-11(9-7-10)13-14-12(2,3)4;1-2/h6-9H,5H2,1-4H3;1-2H3. The monoisotopic (exact) mass is 256 g/mol.